The zero-order chi connectivity index (χ0) is 15.7. The van der Waals surface area contributed by atoms with Crippen LogP contribution in [0.2, 0.25) is 0 Å². The zero-order valence-corrected chi connectivity index (χ0v) is 12.3. The van der Waals surface area contributed by atoms with Gasteiger partial charge in [0.15, 0.2) is 11.6 Å². The highest BCUT2D eigenvalue weighted by Crippen LogP contribution is 2.27. The maximum Gasteiger partial charge on any atom is 0.322 e. The Morgan fingerprint density at radius 1 is 1.41 bits per heavy atom. The Morgan fingerprint density at radius 2 is 2.23 bits per heavy atom. The molecule has 1 atom stereocenters. The molecule has 2 N–H and O–H groups in total. The van der Waals surface area contributed by atoms with E-state index in [1.54, 1.807) is 18.2 Å². The lowest BCUT2D eigenvalue weighted by atomic mass is 9.89. The van der Waals surface area contributed by atoms with Crippen LogP contribution in [0, 0.1) is 5.82 Å². The van der Waals surface area contributed by atoms with Crippen molar-refractivity contribution in [3.8, 4) is 5.75 Å². The molecule has 2 fully saturated rings. The minimum atomic E-state index is -0.884. The second-order valence-electron chi connectivity index (χ2n) is 5.74. The van der Waals surface area contributed by atoms with Gasteiger partial charge in [-0.15, -0.1) is 0 Å². The lowest BCUT2D eigenvalue weighted by Gasteiger charge is -2.38. The minimum Gasteiger partial charge on any atom is -0.494 e. The van der Waals surface area contributed by atoms with Crippen molar-refractivity contribution in [1.29, 1.82) is 0 Å². The molecule has 0 bridgehead atoms. The highest BCUT2D eigenvalue weighted by Gasteiger charge is 2.48. The van der Waals surface area contributed by atoms with E-state index in [9.17, 15) is 14.0 Å². The fourth-order valence-electron chi connectivity index (χ4n) is 3.17. The highest BCUT2D eigenvalue weighted by atomic mass is 19.1. The van der Waals surface area contributed by atoms with E-state index in [0.29, 0.717) is 25.1 Å². The molecule has 2 aliphatic rings. The number of halogens is 1. The van der Waals surface area contributed by atoms with Crippen LogP contribution >= 0.6 is 0 Å². The van der Waals surface area contributed by atoms with Crippen LogP contribution in [-0.4, -0.2) is 42.6 Å². The highest BCUT2D eigenvalue weighted by molar-refractivity contribution is 6.07. The maximum absolute atomic E-state index is 14.2. The molecule has 3 amide bonds. The van der Waals surface area contributed by atoms with Gasteiger partial charge in [-0.2, -0.15) is 0 Å². The Labute approximate surface area is 127 Å². The molecule has 2 heterocycles. The monoisotopic (exact) mass is 307 g/mol. The normalized spacial score (nSPS) is 25.2. The summed E-state index contributed by atoms with van der Waals surface area (Å²) in [5.74, 6) is -0.478. The lowest BCUT2D eigenvalue weighted by molar-refractivity contribution is -0.126. The van der Waals surface area contributed by atoms with Crippen LogP contribution in [0.5, 0.6) is 5.75 Å². The van der Waals surface area contributed by atoms with E-state index in [0.717, 1.165) is 13.0 Å². The van der Waals surface area contributed by atoms with Gasteiger partial charge in [0.2, 0.25) is 0 Å². The number of amides is 3. The first kappa shape index (κ1) is 14.8. The maximum atomic E-state index is 14.2. The van der Waals surface area contributed by atoms with Crippen LogP contribution in [0.15, 0.2) is 18.2 Å². The quantitative estimate of drug-likeness (QED) is 0.818. The van der Waals surface area contributed by atoms with Crippen molar-refractivity contribution in [2.75, 3.05) is 20.2 Å². The molecule has 1 unspecified atom stereocenters. The third kappa shape index (κ3) is 2.52. The van der Waals surface area contributed by atoms with Crippen molar-refractivity contribution in [2.45, 2.75) is 24.9 Å². The van der Waals surface area contributed by atoms with Crippen LogP contribution in [0.3, 0.4) is 0 Å². The number of nitrogens with zero attached hydrogens (tertiary/aromatic N) is 1. The van der Waals surface area contributed by atoms with Crippen molar-refractivity contribution in [1.82, 2.24) is 15.5 Å². The topological polar surface area (TPSA) is 70.7 Å². The minimum absolute atomic E-state index is 0.205. The summed E-state index contributed by atoms with van der Waals surface area (Å²) in [6, 6.07) is 4.55. The van der Waals surface area contributed by atoms with Crippen LogP contribution < -0.4 is 15.4 Å². The number of piperidine rings is 1. The molecule has 22 heavy (non-hydrogen) atoms. The number of hydrogen-bond acceptors (Lipinski definition) is 4. The number of carbonyl (C=O) groups is 2. The molecule has 1 aromatic rings. The Balaban J connectivity index is 1.76. The number of hydrogen-bond donors (Lipinski definition) is 2. The molecule has 0 saturated carbocycles. The Bertz CT molecular complexity index is 622. The molecule has 118 valence electrons. The van der Waals surface area contributed by atoms with Crippen LogP contribution in [-0.2, 0) is 11.3 Å². The number of urea groups is 1. The van der Waals surface area contributed by atoms with Gasteiger partial charge in [-0.3, -0.25) is 15.0 Å². The van der Waals surface area contributed by atoms with Gasteiger partial charge in [-0.1, -0.05) is 12.1 Å². The number of ether oxygens (including phenoxy) is 1. The Morgan fingerprint density at radius 3 is 2.91 bits per heavy atom. The summed E-state index contributed by atoms with van der Waals surface area (Å²) < 4.78 is 19.2. The van der Waals surface area contributed by atoms with Crippen molar-refractivity contribution < 1.29 is 18.7 Å². The molecule has 0 aliphatic carbocycles. The van der Waals surface area contributed by atoms with Gasteiger partial charge < -0.3 is 10.1 Å². The summed E-state index contributed by atoms with van der Waals surface area (Å²) >= 11 is 0. The van der Waals surface area contributed by atoms with Crippen molar-refractivity contribution in [3.63, 3.8) is 0 Å². The van der Waals surface area contributed by atoms with Crippen molar-refractivity contribution >= 4 is 11.9 Å². The number of nitrogens with one attached hydrogen (secondary N) is 2. The zero-order valence-electron chi connectivity index (χ0n) is 12.3. The third-order valence-corrected chi connectivity index (χ3v) is 4.24. The summed E-state index contributed by atoms with van der Waals surface area (Å²) in [7, 11) is 1.43. The van der Waals surface area contributed by atoms with E-state index in [4.69, 9.17) is 4.74 Å². The Hall–Kier alpha value is -2.15. The van der Waals surface area contributed by atoms with Gasteiger partial charge in [-0.25, -0.2) is 9.18 Å². The fourth-order valence-corrected chi connectivity index (χ4v) is 3.17. The van der Waals surface area contributed by atoms with Gasteiger partial charge in [0.05, 0.1) is 7.11 Å². The predicted octanol–water partition coefficient (Wildman–Crippen LogP) is 1.01. The van der Waals surface area contributed by atoms with Crippen molar-refractivity contribution in [2.24, 2.45) is 0 Å². The third-order valence-electron chi connectivity index (χ3n) is 4.24. The molecule has 7 heteroatoms. The predicted molar refractivity (Wildman–Crippen MR) is 76.9 cm³/mol. The smallest absolute Gasteiger partial charge is 0.322 e. The van der Waals surface area contributed by atoms with E-state index in [1.807, 2.05) is 4.90 Å². The van der Waals surface area contributed by atoms with E-state index in [2.05, 4.69) is 10.6 Å². The molecule has 2 saturated heterocycles. The second kappa shape index (κ2) is 5.57. The molecule has 1 spiro atoms. The summed E-state index contributed by atoms with van der Waals surface area (Å²) in [6.45, 7) is 1.50. The number of methoxy groups -OCH3 is 1. The second-order valence-corrected chi connectivity index (χ2v) is 5.74. The van der Waals surface area contributed by atoms with Crippen LogP contribution in [0.4, 0.5) is 9.18 Å². The van der Waals surface area contributed by atoms with E-state index in [1.165, 1.54) is 7.11 Å². The fraction of sp³-hybridized carbons (Fsp3) is 0.467. The summed E-state index contributed by atoms with van der Waals surface area (Å²) in [6.07, 6.45) is 1.36. The van der Waals surface area contributed by atoms with E-state index >= 15 is 0 Å². The standard InChI is InChI=1S/C15H18FN3O3/c1-22-11-5-2-4-10(12(11)16)8-19-7-3-6-15(9-19)13(20)17-14(21)18-15/h2,4-5H,3,6-9H2,1H3,(H2,17,18,20,21). The molecule has 0 aromatic heterocycles. The average Bonchev–Trinajstić information content (AvgIpc) is 2.75. The summed E-state index contributed by atoms with van der Waals surface area (Å²) in [5.41, 5.74) is -0.369. The molecule has 1 aromatic carbocycles. The van der Waals surface area contributed by atoms with Gasteiger partial charge in [0, 0.05) is 18.7 Å². The molecule has 3 rings (SSSR count). The Kier molecular flexibility index (Phi) is 3.74. The molecule has 2 aliphatic heterocycles. The van der Waals surface area contributed by atoms with Crippen molar-refractivity contribution in [3.05, 3.63) is 29.6 Å². The van der Waals surface area contributed by atoms with E-state index in [-0.39, 0.29) is 17.5 Å². The SMILES string of the molecule is COc1cccc(CN2CCCC3(C2)NC(=O)NC3=O)c1F. The van der Waals surface area contributed by atoms with Gasteiger partial charge in [0.1, 0.15) is 5.54 Å². The van der Waals surface area contributed by atoms with Gasteiger partial charge >= 0.3 is 6.03 Å². The molecule has 6 nitrogen and oxygen atoms in total. The lowest BCUT2D eigenvalue weighted by Crippen LogP contribution is -2.58. The summed E-state index contributed by atoms with van der Waals surface area (Å²) in [4.78, 5) is 25.4. The van der Waals surface area contributed by atoms with Gasteiger partial charge in [0.25, 0.3) is 5.91 Å². The van der Waals surface area contributed by atoms with Crippen LogP contribution in [0.1, 0.15) is 18.4 Å². The summed E-state index contributed by atoms with van der Waals surface area (Å²) in [5, 5.41) is 4.99. The number of likely N-dealkylation sites (tertiary alicyclic amines) is 1. The number of rotatable bonds is 3. The van der Waals surface area contributed by atoms with Gasteiger partial charge in [-0.05, 0) is 25.5 Å². The number of imide groups is 1. The first-order chi connectivity index (χ1) is 10.5. The number of benzene rings is 1. The molecular formula is C15H18FN3O3. The largest absolute Gasteiger partial charge is 0.494 e. The first-order valence-corrected chi connectivity index (χ1v) is 7.21. The van der Waals surface area contributed by atoms with E-state index < -0.39 is 11.6 Å². The molecular weight excluding hydrogens is 289 g/mol. The molecule has 0 radical (unpaired) electrons. The average molecular weight is 307 g/mol. The number of carbonyl (C=O) groups excluding carboxylic acids is 2. The first-order valence-electron chi connectivity index (χ1n) is 7.21. The van der Waals surface area contributed by atoms with Crippen LogP contribution in [0.25, 0.3) is 0 Å².